The molecule has 5 aromatic rings. The summed E-state index contributed by atoms with van der Waals surface area (Å²) in [6.07, 6.45) is 1.86. The van der Waals surface area contributed by atoms with Crippen LogP contribution in [0.15, 0.2) is 101 Å². The van der Waals surface area contributed by atoms with Gasteiger partial charge in [0, 0.05) is 23.6 Å². The van der Waals surface area contributed by atoms with E-state index in [-0.39, 0.29) is 9.79 Å². The number of rotatable bonds is 7. The average Bonchev–Trinajstić information content (AvgIpc) is 3.56. The predicted octanol–water partition coefficient (Wildman–Crippen LogP) is 6.01. The van der Waals surface area contributed by atoms with E-state index in [9.17, 15) is 16.8 Å². The summed E-state index contributed by atoms with van der Waals surface area (Å²) in [5.74, 6) is 1.13. The minimum absolute atomic E-state index is 0.135. The van der Waals surface area contributed by atoms with E-state index in [0.29, 0.717) is 40.1 Å². The smallest absolute Gasteiger partial charge is 0.268 e. The lowest BCUT2D eigenvalue weighted by Gasteiger charge is -2.27. The van der Waals surface area contributed by atoms with E-state index in [0.717, 1.165) is 16.7 Å². The summed E-state index contributed by atoms with van der Waals surface area (Å²) in [7, 11) is -4.97. The topological polar surface area (TPSA) is 94.9 Å². The van der Waals surface area contributed by atoms with Crippen LogP contribution in [-0.2, 0) is 26.5 Å². The SMILES string of the molecule is COc1ccc2c(c1)C[C@@H](c1cn(S(=O)(=O)c3ccc(C)cc3)c3ccc(OC)cc13)N2S(=O)(=O)c1ccc(C)cc1. The van der Waals surface area contributed by atoms with E-state index in [4.69, 9.17) is 9.47 Å². The van der Waals surface area contributed by atoms with Gasteiger partial charge < -0.3 is 9.47 Å². The van der Waals surface area contributed by atoms with Crippen molar-refractivity contribution in [3.8, 4) is 11.5 Å². The first-order valence-electron chi connectivity index (χ1n) is 13.3. The van der Waals surface area contributed by atoms with Crippen molar-refractivity contribution < 1.29 is 26.3 Å². The first-order chi connectivity index (χ1) is 20.0. The number of hydrogen-bond donors (Lipinski definition) is 0. The van der Waals surface area contributed by atoms with Gasteiger partial charge in [0.1, 0.15) is 11.5 Å². The van der Waals surface area contributed by atoms with Crippen LogP contribution in [0.4, 0.5) is 5.69 Å². The number of nitrogens with zero attached hydrogens (tertiary/aromatic N) is 2. The predicted molar refractivity (Wildman–Crippen MR) is 163 cm³/mol. The van der Waals surface area contributed by atoms with E-state index in [1.165, 1.54) is 15.4 Å². The molecule has 1 atom stereocenters. The summed E-state index contributed by atoms with van der Waals surface area (Å²) in [5.41, 5.74) is 4.14. The molecular weight excluding hydrogens is 572 g/mol. The maximum Gasteiger partial charge on any atom is 0.268 e. The Balaban J connectivity index is 1.60. The monoisotopic (exact) mass is 602 g/mol. The van der Waals surface area contributed by atoms with Crippen molar-refractivity contribution in [2.75, 3.05) is 18.5 Å². The highest BCUT2D eigenvalue weighted by Crippen LogP contribution is 2.47. The molecule has 0 aliphatic carbocycles. The largest absolute Gasteiger partial charge is 0.497 e. The molecule has 42 heavy (non-hydrogen) atoms. The lowest BCUT2D eigenvalue weighted by molar-refractivity contribution is 0.414. The number of hydrogen-bond acceptors (Lipinski definition) is 6. The molecule has 0 bridgehead atoms. The molecule has 0 N–H and O–H groups in total. The van der Waals surface area contributed by atoms with Gasteiger partial charge in [0.2, 0.25) is 0 Å². The number of methoxy groups -OCH3 is 2. The third kappa shape index (κ3) is 4.51. The number of sulfonamides is 1. The molecule has 0 amide bonds. The molecule has 1 aromatic heterocycles. The van der Waals surface area contributed by atoms with Crippen LogP contribution in [0.2, 0.25) is 0 Å². The highest BCUT2D eigenvalue weighted by Gasteiger charge is 2.41. The molecule has 0 radical (unpaired) electrons. The Morgan fingerprint density at radius 3 is 1.83 bits per heavy atom. The molecule has 1 aliphatic rings. The van der Waals surface area contributed by atoms with Crippen molar-refractivity contribution in [1.29, 1.82) is 0 Å². The zero-order chi connectivity index (χ0) is 29.8. The molecule has 1 aliphatic heterocycles. The fraction of sp³-hybridized carbons (Fsp3) is 0.188. The van der Waals surface area contributed by atoms with E-state index in [2.05, 4.69) is 0 Å². The van der Waals surface area contributed by atoms with Gasteiger partial charge in [-0.25, -0.2) is 20.8 Å². The van der Waals surface area contributed by atoms with Gasteiger partial charge in [-0.2, -0.15) is 0 Å². The van der Waals surface area contributed by atoms with Gasteiger partial charge in [0.15, 0.2) is 0 Å². The molecule has 0 unspecified atom stereocenters. The molecule has 0 fully saturated rings. The number of ether oxygens (including phenoxy) is 2. The van der Waals surface area contributed by atoms with Crippen LogP contribution >= 0.6 is 0 Å². The van der Waals surface area contributed by atoms with Crippen molar-refractivity contribution in [2.45, 2.75) is 36.1 Å². The zero-order valence-electron chi connectivity index (χ0n) is 23.6. The molecule has 4 aromatic carbocycles. The van der Waals surface area contributed by atoms with Crippen LogP contribution < -0.4 is 13.8 Å². The van der Waals surface area contributed by atoms with Crippen molar-refractivity contribution in [1.82, 2.24) is 3.97 Å². The molecule has 0 saturated heterocycles. The first-order valence-corrected chi connectivity index (χ1v) is 16.2. The second kappa shape index (κ2) is 10.2. The lowest BCUT2D eigenvalue weighted by Crippen LogP contribution is -2.32. The normalized spacial score (nSPS) is 15.1. The Labute approximate surface area is 245 Å². The number of aryl methyl sites for hydroxylation is 2. The third-order valence-electron chi connectivity index (χ3n) is 7.74. The Hall–Kier alpha value is -4.28. The summed E-state index contributed by atoms with van der Waals surface area (Å²) in [4.78, 5) is 0.284. The van der Waals surface area contributed by atoms with Crippen LogP contribution in [0.5, 0.6) is 11.5 Å². The van der Waals surface area contributed by atoms with Gasteiger partial charge in [-0.3, -0.25) is 4.31 Å². The highest BCUT2D eigenvalue weighted by atomic mass is 32.2. The van der Waals surface area contributed by atoms with Crippen molar-refractivity contribution in [2.24, 2.45) is 0 Å². The average molecular weight is 603 g/mol. The standard InChI is InChI=1S/C32H30N2O6S2/c1-21-5-11-26(12-6-21)41(35,36)33-20-29(28-19-25(40-4)10-16-31(28)33)32-18-23-17-24(39-3)9-15-30(23)34(32)42(37,38)27-13-7-22(2)8-14-27/h5-17,19-20,32H,18H2,1-4H3/t32-/m0/s1. The van der Waals surface area contributed by atoms with Crippen LogP contribution in [0.3, 0.4) is 0 Å². The fourth-order valence-corrected chi connectivity index (χ4v) is 8.55. The van der Waals surface area contributed by atoms with Crippen LogP contribution in [-0.4, -0.2) is 35.0 Å². The van der Waals surface area contributed by atoms with Gasteiger partial charge in [-0.05, 0) is 80.1 Å². The van der Waals surface area contributed by atoms with Gasteiger partial charge in [-0.15, -0.1) is 0 Å². The quantitative estimate of drug-likeness (QED) is 0.227. The molecular formula is C32H30N2O6S2. The second-order valence-electron chi connectivity index (χ2n) is 10.4. The Morgan fingerprint density at radius 1 is 0.690 bits per heavy atom. The van der Waals surface area contributed by atoms with Crippen molar-refractivity contribution in [3.05, 3.63) is 113 Å². The molecule has 0 spiro atoms. The van der Waals surface area contributed by atoms with Gasteiger partial charge in [0.25, 0.3) is 20.0 Å². The maximum atomic E-state index is 14.3. The molecule has 10 heteroatoms. The van der Waals surface area contributed by atoms with Crippen LogP contribution in [0.25, 0.3) is 10.9 Å². The van der Waals surface area contributed by atoms with Gasteiger partial charge in [-0.1, -0.05) is 35.4 Å². The van der Waals surface area contributed by atoms with Gasteiger partial charge >= 0.3 is 0 Å². The molecule has 0 saturated carbocycles. The van der Waals surface area contributed by atoms with Gasteiger partial charge in [0.05, 0.1) is 41.3 Å². The van der Waals surface area contributed by atoms with Crippen molar-refractivity contribution in [3.63, 3.8) is 0 Å². The minimum Gasteiger partial charge on any atom is -0.497 e. The van der Waals surface area contributed by atoms with E-state index < -0.39 is 26.1 Å². The molecule has 2 heterocycles. The number of benzene rings is 4. The van der Waals surface area contributed by atoms with E-state index in [1.54, 1.807) is 92.2 Å². The summed E-state index contributed by atoms with van der Waals surface area (Å²) >= 11 is 0. The summed E-state index contributed by atoms with van der Waals surface area (Å²) in [5, 5.41) is 0.582. The van der Waals surface area contributed by atoms with Crippen LogP contribution in [0.1, 0.15) is 28.3 Å². The molecule has 8 nitrogen and oxygen atoms in total. The lowest BCUT2D eigenvalue weighted by atomic mass is 10.0. The third-order valence-corrected chi connectivity index (χ3v) is 11.3. The first kappa shape index (κ1) is 27.9. The summed E-state index contributed by atoms with van der Waals surface area (Å²) in [6.45, 7) is 3.79. The fourth-order valence-electron chi connectivity index (χ4n) is 5.50. The number of anilines is 1. The second-order valence-corrected chi connectivity index (χ2v) is 14.0. The minimum atomic E-state index is -4.05. The Kier molecular flexibility index (Phi) is 6.78. The number of fused-ring (bicyclic) bond motifs is 2. The molecule has 216 valence electrons. The summed E-state index contributed by atoms with van der Waals surface area (Å²) in [6, 6.07) is 23.1. The zero-order valence-corrected chi connectivity index (χ0v) is 25.2. The Bertz CT molecular complexity index is 2030. The highest BCUT2D eigenvalue weighted by molar-refractivity contribution is 7.93. The van der Waals surface area contributed by atoms with E-state index in [1.807, 2.05) is 19.9 Å². The maximum absolute atomic E-state index is 14.3. The van der Waals surface area contributed by atoms with E-state index >= 15 is 0 Å². The summed E-state index contributed by atoms with van der Waals surface area (Å²) < 4.78 is 70.1. The molecule has 6 rings (SSSR count). The van der Waals surface area contributed by atoms with Crippen LogP contribution in [0, 0.1) is 13.8 Å². The number of aromatic nitrogens is 1. The Morgan fingerprint density at radius 2 is 1.24 bits per heavy atom. The van der Waals surface area contributed by atoms with Crippen molar-refractivity contribution >= 4 is 36.6 Å².